The minimum atomic E-state index is 0.335. The van der Waals surface area contributed by atoms with Gasteiger partial charge in [-0.15, -0.1) is 70.6 Å². The van der Waals surface area contributed by atoms with Gasteiger partial charge in [-0.25, -0.2) is 0 Å². The van der Waals surface area contributed by atoms with Crippen LogP contribution in [0, 0.1) is 0 Å². The van der Waals surface area contributed by atoms with Gasteiger partial charge in [-0.2, -0.15) is 0 Å². The van der Waals surface area contributed by atoms with Gasteiger partial charge in [-0.3, -0.25) is 0 Å². The maximum absolute atomic E-state index is 8.97. The smallest absolute Gasteiger partial charge is 0.0596 e. The highest BCUT2D eigenvalue weighted by Crippen LogP contribution is 2.43. The first-order chi connectivity index (χ1) is 10.3. The highest BCUT2D eigenvalue weighted by molar-refractivity contribution is 8.23. The van der Waals surface area contributed by atoms with Gasteiger partial charge in [0.05, 0.1) is 9.16 Å². The van der Waals surface area contributed by atoms with E-state index in [0.29, 0.717) is 23.7 Å². The first-order valence-corrected chi connectivity index (χ1v) is 13.5. The molecule has 2 nitrogen and oxygen atoms in total. The van der Waals surface area contributed by atoms with E-state index in [4.69, 9.17) is 10.2 Å². The Labute approximate surface area is 153 Å². The summed E-state index contributed by atoms with van der Waals surface area (Å²) in [6, 6.07) is 0. The Bertz CT molecular complexity index is 257. The molecule has 0 aromatic heterocycles. The standard InChI is InChI=1S/C13H24O2S6/c14-3-1-10-5-18-12(20-10)7-16-9-17-8-13-19-6-11(21-13)2-4-15/h10-15H,1-9H2. The van der Waals surface area contributed by atoms with Gasteiger partial charge in [0.25, 0.3) is 0 Å². The fourth-order valence-corrected chi connectivity index (χ4v) is 12.0. The fraction of sp³-hybridized carbons (Fsp3) is 1.00. The van der Waals surface area contributed by atoms with Crippen LogP contribution in [0.25, 0.3) is 0 Å². The highest BCUT2D eigenvalue weighted by atomic mass is 32.2. The van der Waals surface area contributed by atoms with Crippen LogP contribution in [0.3, 0.4) is 0 Å². The average Bonchev–Trinajstić information content (AvgIpc) is 3.09. The molecule has 0 aromatic rings. The second-order valence-corrected chi connectivity index (χ2v) is 13.4. The molecular formula is C13H24O2S6. The van der Waals surface area contributed by atoms with Gasteiger partial charge in [0, 0.05) is 51.8 Å². The SMILES string of the molecule is OCCC1CSC(CSCSCC2SCC(CCO)S2)S1. The number of rotatable bonds is 10. The fourth-order valence-electron chi connectivity index (χ4n) is 2.13. The summed E-state index contributed by atoms with van der Waals surface area (Å²) in [7, 11) is 0. The number of thioether (sulfide) groups is 6. The molecule has 8 heteroatoms. The topological polar surface area (TPSA) is 40.5 Å². The summed E-state index contributed by atoms with van der Waals surface area (Å²) in [6.45, 7) is 0.671. The molecule has 2 fully saturated rings. The Balaban J connectivity index is 1.44. The number of aliphatic hydroxyl groups excluding tert-OH is 2. The zero-order valence-corrected chi connectivity index (χ0v) is 16.9. The lowest BCUT2D eigenvalue weighted by Crippen LogP contribution is -2.04. The Morgan fingerprint density at radius 1 is 0.810 bits per heavy atom. The van der Waals surface area contributed by atoms with E-state index in [0.717, 1.165) is 22.0 Å². The van der Waals surface area contributed by atoms with Crippen molar-refractivity contribution >= 4 is 70.6 Å². The maximum atomic E-state index is 8.97. The van der Waals surface area contributed by atoms with Gasteiger partial charge in [0.1, 0.15) is 0 Å². The Morgan fingerprint density at radius 2 is 1.29 bits per heavy atom. The number of aliphatic hydroxyl groups is 2. The van der Waals surface area contributed by atoms with Crippen molar-refractivity contribution in [1.29, 1.82) is 0 Å². The van der Waals surface area contributed by atoms with Gasteiger partial charge in [-0.1, -0.05) is 0 Å². The first kappa shape index (κ1) is 19.3. The van der Waals surface area contributed by atoms with Crippen LogP contribution in [0.2, 0.25) is 0 Å². The molecule has 0 spiro atoms. The van der Waals surface area contributed by atoms with Gasteiger partial charge in [-0.05, 0) is 12.8 Å². The Hall–Kier alpha value is 2.02. The molecule has 0 saturated carbocycles. The molecule has 0 aliphatic carbocycles. The van der Waals surface area contributed by atoms with Crippen LogP contribution in [0.1, 0.15) is 12.8 Å². The molecule has 2 aliphatic rings. The van der Waals surface area contributed by atoms with E-state index in [1.165, 1.54) is 28.1 Å². The van der Waals surface area contributed by atoms with Gasteiger partial charge in [0.15, 0.2) is 0 Å². The van der Waals surface area contributed by atoms with Crippen molar-refractivity contribution in [3.05, 3.63) is 0 Å². The van der Waals surface area contributed by atoms with Crippen LogP contribution in [-0.4, -0.2) is 71.2 Å². The third kappa shape index (κ3) is 7.63. The lowest BCUT2D eigenvalue weighted by atomic mass is 10.3. The van der Waals surface area contributed by atoms with Gasteiger partial charge in [0.2, 0.25) is 0 Å². The summed E-state index contributed by atoms with van der Waals surface area (Å²) < 4.78 is 1.47. The van der Waals surface area contributed by atoms with E-state index in [1.807, 2.05) is 0 Å². The molecule has 0 aromatic carbocycles. The minimum absolute atomic E-state index is 0.335. The molecule has 2 rings (SSSR count). The average molecular weight is 405 g/mol. The van der Waals surface area contributed by atoms with Crippen LogP contribution in [0.4, 0.5) is 0 Å². The lowest BCUT2D eigenvalue weighted by Gasteiger charge is -2.11. The molecule has 0 amide bonds. The quantitative estimate of drug-likeness (QED) is 0.423. The molecule has 0 radical (unpaired) electrons. The molecule has 21 heavy (non-hydrogen) atoms. The predicted octanol–water partition coefficient (Wildman–Crippen LogP) is 3.52. The summed E-state index contributed by atoms with van der Waals surface area (Å²) in [5.41, 5.74) is 0. The van der Waals surface area contributed by atoms with Crippen molar-refractivity contribution in [3.8, 4) is 0 Å². The molecule has 4 unspecified atom stereocenters. The molecule has 124 valence electrons. The third-order valence-corrected chi connectivity index (χ3v) is 13.2. The molecule has 2 heterocycles. The molecule has 4 atom stereocenters. The van der Waals surface area contributed by atoms with E-state index >= 15 is 0 Å². The predicted molar refractivity (Wildman–Crippen MR) is 108 cm³/mol. The van der Waals surface area contributed by atoms with Crippen LogP contribution in [0.5, 0.6) is 0 Å². The van der Waals surface area contributed by atoms with E-state index in [2.05, 4.69) is 70.6 Å². The van der Waals surface area contributed by atoms with Crippen molar-refractivity contribution in [3.63, 3.8) is 0 Å². The zero-order chi connectivity index (χ0) is 14.9. The summed E-state index contributed by atoms with van der Waals surface area (Å²) in [6.07, 6.45) is 1.91. The summed E-state index contributed by atoms with van der Waals surface area (Å²) in [4.78, 5) is 0. The number of hydrogen-bond acceptors (Lipinski definition) is 8. The zero-order valence-electron chi connectivity index (χ0n) is 12.0. The molecule has 2 aliphatic heterocycles. The maximum Gasteiger partial charge on any atom is 0.0596 e. The van der Waals surface area contributed by atoms with Crippen molar-refractivity contribution in [2.24, 2.45) is 0 Å². The van der Waals surface area contributed by atoms with Crippen LogP contribution in [-0.2, 0) is 0 Å². The first-order valence-electron chi connectivity index (χ1n) is 7.23. The summed E-state index contributed by atoms with van der Waals surface area (Å²) >= 11 is 12.4. The highest BCUT2D eigenvalue weighted by Gasteiger charge is 2.26. The van der Waals surface area contributed by atoms with Gasteiger partial charge >= 0.3 is 0 Å². The second kappa shape index (κ2) is 11.6. The van der Waals surface area contributed by atoms with Crippen molar-refractivity contribution in [1.82, 2.24) is 0 Å². The van der Waals surface area contributed by atoms with E-state index in [9.17, 15) is 0 Å². The molecule has 2 saturated heterocycles. The summed E-state index contributed by atoms with van der Waals surface area (Å²) in [5.74, 6) is 4.90. The van der Waals surface area contributed by atoms with Crippen molar-refractivity contribution < 1.29 is 10.2 Å². The Morgan fingerprint density at radius 3 is 1.71 bits per heavy atom. The lowest BCUT2D eigenvalue weighted by molar-refractivity contribution is 0.289. The molecule has 0 bridgehead atoms. The van der Waals surface area contributed by atoms with Gasteiger partial charge < -0.3 is 10.2 Å². The van der Waals surface area contributed by atoms with E-state index in [-0.39, 0.29) is 0 Å². The molecular weight excluding hydrogens is 381 g/mol. The second-order valence-electron chi connectivity index (χ2n) is 4.93. The van der Waals surface area contributed by atoms with E-state index < -0.39 is 0 Å². The molecule has 2 N–H and O–H groups in total. The van der Waals surface area contributed by atoms with Crippen LogP contribution in [0.15, 0.2) is 0 Å². The number of hydrogen-bond donors (Lipinski definition) is 2. The van der Waals surface area contributed by atoms with E-state index in [1.54, 1.807) is 0 Å². The van der Waals surface area contributed by atoms with Crippen LogP contribution >= 0.6 is 70.6 Å². The van der Waals surface area contributed by atoms with Crippen molar-refractivity contribution in [2.75, 3.05) is 41.3 Å². The van der Waals surface area contributed by atoms with Crippen LogP contribution < -0.4 is 0 Å². The normalized spacial score (nSPS) is 32.9. The minimum Gasteiger partial charge on any atom is -0.396 e. The Kier molecular flexibility index (Phi) is 10.6. The largest absolute Gasteiger partial charge is 0.396 e. The third-order valence-electron chi connectivity index (χ3n) is 3.20. The summed E-state index contributed by atoms with van der Waals surface area (Å²) in [5, 5.41) is 20.5. The monoisotopic (exact) mass is 404 g/mol. The van der Waals surface area contributed by atoms with Crippen molar-refractivity contribution in [2.45, 2.75) is 32.5 Å².